The van der Waals surface area contributed by atoms with Crippen molar-refractivity contribution in [2.75, 3.05) is 19.5 Å². The fourth-order valence-electron chi connectivity index (χ4n) is 2.48. The van der Waals surface area contributed by atoms with Crippen LogP contribution >= 0.6 is 0 Å². The first kappa shape index (κ1) is 16.4. The number of sulfonamides is 1. The van der Waals surface area contributed by atoms with Crippen LogP contribution in [-0.4, -0.2) is 39.3 Å². The van der Waals surface area contributed by atoms with Crippen LogP contribution in [0.15, 0.2) is 0 Å². The monoisotopic (exact) mass is 291 g/mol. The molecule has 1 aliphatic carbocycles. The molecular weight excluding hydrogens is 266 g/mol. The average Bonchev–Trinajstić information content (AvgIpc) is 2.30. The van der Waals surface area contributed by atoms with Crippen molar-refractivity contribution in [1.82, 2.24) is 4.72 Å². The number of nitrogens with one attached hydrogen (secondary N) is 2. The van der Waals surface area contributed by atoms with Crippen LogP contribution in [0.3, 0.4) is 0 Å². The molecule has 6 nitrogen and oxygen atoms in total. The van der Waals surface area contributed by atoms with Crippen molar-refractivity contribution in [2.24, 2.45) is 5.73 Å². The van der Waals surface area contributed by atoms with Gasteiger partial charge in [0.05, 0.1) is 17.9 Å². The summed E-state index contributed by atoms with van der Waals surface area (Å²) in [5, 5.41) is 7.78. The minimum atomic E-state index is -3.47. The third-order valence-corrected chi connectivity index (χ3v) is 5.04. The lowest BCUT2D eigenvalue weighted by atomic mass is 9.84. The van der Waals surface area contributed by atoms with E-state index in [1.807, 2.05) is 0 Å². The predicted molar refractivity (Wildman–Crippen MR) is 75.8 cm³/mol. The minimum absolute atomic E-state index is 0.0737. The van der Waals surface area contributed by atoms with Crippen LogP contribution in [0.5, 0.6) is 0 Å². The van der Waals surface area contributed by atoms with Crippen LogP contribution in [0.4, 0.5) is 0 Å². The van der Waals surface area contributed by atoms with Gasteiger partial charge in [0.2, 0.25) is 10.0 Å². The van der Waals surface area contributed by atoms with Gasteiger partial charge in [-0.2, -0.15) is 0 Å². The van der Waals surface area contributed by atoms with E-state index in [2.05, 4.69) is 4.72 Å². The number of hydrogen-bond donors (Lipinski definition) is 3. The zero-order chi connectivity index (χ0) is 14.4. The second kappa shape index (κ2) is 7.21. The standard InChI is InChI=1S/C12H25N3O3S/c1-18-9-10-19(16,17)15-12(11(13)14)7-5-3-2-4-6-8-12/h15H,2-10H2,1H3,(H3,13,14). The van der Waals surface area contributed by atoms with E-state index in [0.717, 1.165) is 25.7 Å². The molecule has 1 aliphatic rings. The molecule has 0 atom stereocenters. The molecule has 0 bridgehead atoms. The summed E-state index contributed by atoms with van der Waals surface area (Å²) in [4.78, 5) is 0. The number of methoxy groups -OCH3 is 1. The molecule has 1 fully saturated rings. The van der Waals surface area contributed by atoms with E-state index in [1.54, 1.807) is 0 Å². The van der Waals surface area contributed by atoms with Crippen LogP contribution in [0, 0.1) is 5.41 Å². The lowest BCUT2D eigenvalue weighted by Crippen LogP contribution is -2.58. The minimum Gasteiger partial charge on any atom is -0.386 e. The Balaban J connectivity index is 2.82. The molecule has 0 aromatic carbocycles. The van der Waals surface area contributed by atoms with Crippen molar-refractivity contribution in [3.05, 3.63) is 0 Å². The van der Waals surface area contributed by atoms with Gasteiger partial charge < -0.3 is 10.5 Å². The molecule has 0 amide bonds. The van der Waals surface area contributed by atoms with Crippen LogP contribution in [0.1, 0.15) is 44.9 Å². The first-order valence-corrected chi connectivity index (χ1v) is 8.42. The molecule has 112 valence electrons. The quantitative estimate of drug-likeness (QED) is 0.501. The highest BCUT2D eigenvalue weighted by Crippen LogP contribution is 2.27. The van der Waals surface area contributed by atoms with E-state index in [0.29, 0.717) is 12.8 Å². The Morgan fingerprint density at radius 3 is 2.26 bits per heavy atom. The van der Waals surface area contributed by atoms with Crippen molar-refractivity contribution < 1.29 is 13.2 Å². The molecule has 0 aromatic heterocycles. The highest BCUT2D eigenvalue weighted by Gasteiger charge is 2.37. The number of hydrogen-bond acceptors (Lipinski definition) is 4. The van der Waals surface area contributed by atoms with E-state index in [4.69, 9.17) is 15.9 Å². The zero-order valence-electron chi connectivity index (χ0n) is 11.6. The van der Waals surface area contributed by atoms with Crippen LogP contribution in [-0.2, 0) is 14.8 Å². The number of rotatable bonds is 6. The molecular formula is C12H25N3O3S. The summed E-state index contributed by atoms with van der Waals surface area (Å²) in [7, 11) is -2.01. The molecule has 1 saturated carbocycles. The lowest BCUT2D eigenvalue weighted by Gasteiger charge is -2.34. The molecule has 0 radical (unpaired) electrons. The van der Waals surface area contributed by atoms with Crippen molar-refractivity contribution in [3.8, 4) is 0 Å². The van der Waals surface area contributed by atoms with E-state index >= 15 is 0 Å². The van der Waals surface area contributed by atoms with Gasteiger partial charge in [0.15, 0.2) is 0 Å². The summed E-state index contributed by atoms with van der Waals surface area (Å²) >= 11 is 0. The Morgan fingerprint density at radius 2 is 1.79 bits per heavy atom. The van der Waals surface area contributed by atoms with E-state index in [1.165, 1.54) is 13.5 Å². The van der Waals surface area contributed by atoms with Gasteiger partial charge in [-0.1, -0.05) is 32.1 Å². The highest BCUT2D eigenvalue weighted by molar-refractivity contribution is 7.89. The van der Waals surface area contributed by atoms with Gasteiger partial charge >= 0.3 is 0 Å². The summed E-state index contributed by atoms with van der Waals surface area (Å²) in [5.41, 5.74) is 4.79. The fourth-order valence-corrected chi connectivity index (χ4v) is 3.87. The molecule has 4 N–H and O–H groups in total. The summed E-state index contributed by atoms with van der Waals surface area (Å²) in [6.45, 7) is 0.142. The first-order chi connectivity index (χ1) is 8.92. The zero-order valence-corrected chi connectivity index (χ0v) is 12.4. The SMILES string of the molecule is COCCS(=O)(=O)NC1(C(=N)N)CCCCCCC1. The highest BCUT2D eigenvalue weighted by atomic mass is 32.2. The normalized spacial score (nSPS) is 20.5. The first-order valence-electron chi connectivity index (χ1n) is 6.77. The number of amidine groups is 1. The van der Waals surface area contributed by atoms with Crippen LogP contribution in [0.25, 0.3) is 0 Å². The van der Waals surface area contributed by atoms with Crippen LogP contribution < -0.4 is 10.5 Å². The Labute approximate surface area is 115 Å². The average molecular weight is 291 g/mol. The molecule has 0 heterocycles. The summed E-state index contributed by atoms with van der Waals surface area (Å²) < 4.78 is 31.5. The molecule has 0 aromatic rings. The summed E-state index contributed by atoms with van der Waals surface area (Å²) in [5.74, 6) is -0.172. The molecule has 0 unspecified atom stereocenters. The molecule has 0 aliphatic heterocycles. The Kier molecular flexibility index (Phi) is 6.22. The van der Waals surface area contributed by atoms with E-state index < -0.39 is 15.6 Å². The maximum absolute atomic E-state index is 12.0. The van der Waals surface area contributed by atoms with Crippen molar-refractivity contribution in [2.45, 2.75) is 50.5 Å². The van der Waals surface area contributed by atoms with Gasteiger partial charge in [0, 0.05) is 7.11 Å². The van der Waals surface area contributed by atoms with Gasteiger partial charge in [-0.05, 0) is 12.8 Å². The maximum Gasteiger partial charge on any atom is 0.214 e. The smallest absolute Gasteiger partial charge is 0.214 e. The molecule has 1 rings (SSSR count). The molecule has 0 saturated heterocycles. The maximum atomic E-state index is 12.0. The Bertz CT molecular complexity index is 387. The van der Waals surface area contributed by atoms with Crippen molar-refractivity contribution >= 4 is 15.9 Å². The van der Waals surface area contributed by atoms with Gasteiger partial charge in [0.25, 0.3) is 0 Å². The van der Waals surface area contributed by atoms with Crippen molar-refractivity contribution in [1.29, 1.82) is 5.41 Å². The molecule has 19 heavy (non-hydrogen) atoms. The lowest BCUT2D eigenvalue weighted by molar-refractivity contribution is 0.216. The summed E-state index contributed by atoms with van der Waals surface area (Å²) in [6, 6.07) is 0. The van der Waals surface area contributed by atoms with E-state index in [-0.39, 0.29) is 18.2 Å². The third kappa shape index (κ3) is 5.08. The molecule has 7 heteroatoms. The second-order valence-corrected chi connectivity index (χ2v) is 7.02. The largest absolute Gasteiger partial charge is 0.386 e. The Morgan fingerprint density at radius 1 is 1.26 bits per heavy atom. The summed E-state index contributed by atoms with van der Waals surface area (Å²) in [6.07, 6.45) is 6.30. The topological polar surface area (TPSA) is 105 Å². The van der Waals surface area contributed by atoms with Crippen LogP contribution in [0.2, 0.25) is 0 Å². The fraction of sp³-hybridized carbons (Fsp3) is 0.917. The Hall–Kier alpha value is -0.660. The van der Waals surface area contributed by atoms with Gasteiger partial charge in [-0.3, -0.25) is 5.41 Å². The van der Waals surface area contributed by atoms with E-state index in [9.17, 15) is 8.42 Å². The number of nitrogens with two attached hydrogens (primary N) is 1. The number of ether oxygens (including phenoxy) is 1. The molecule has 0 spiro atoms. The van der Waals surface area contributed by atoms with Gasteiger partial charge in [-0.15, -0.1) is 0 Å². The second-order valence-electron chi connectivity index (χ2n) is 5.18. The van der Waals surface area contributed by atoms with Crippen molar-refractivity contribution in [3.63, 3.8) is 0 Å². The van der Waals surface area contributed by atoms with Gasteiger partial charge in [0.1, 0.15) is 5.84 Å². The third-order valence-electron chi connectivity index (χ3n) is 3.63. The van der Waals surface area contributed by atoms with Gasteiger partial charge in [-0.25, -0.2) is 13.1 Å². The predicted octanol–water partition coefficient (Wildman–Crippen LogP) is 0.971.